The van der Waals surface area contributed by atoms with Crippen LogP contribution in [0.15, 0.2) is 72.9 Å². The van der Waals surface area contributed by atoms with Crippen LogP contribution < -0.4 is 0 Å². The Morgan fingerprint density at radius 3 is 1.66 bits per heavy atom. The van der Waals surface area contributed by atoms with Crippen LogP contribution in [0.3, 0.4) is 0 Å². The average molecular weight is 849 g/mol. The van der Waals surface area contributed by atoms with E-state index >= 15 is 0 Å². The molecule has 1 aliphatic rings. The van der Waals surface area contributed by atoms with Gasteiger partial charge < -0.3 is 23.6 Å². The number of epoxide rings is 1. The minimum absolute atomic E-state index is 0.0120. The molecule has 10 nitrogen and oxygen atoms in total. The lowest BCUT2D eigenvalue weighted by Gasteiger charge is -2.24. The third-order valence-corrected chi connectivity index (χ3v) is 10.6. The predicted molar refractivity (Wildman–Crippen MR) is 242 cm³/mol. The zero-order valence-corrected chi connectivity index (χ0v) is 38.5. The number of ether oxygens (including phenoxy) is 3. The zero-order chi connectivity index (χ0) is 43.3. The minimum Gasteiger partial charge on any atom is -0.462 e. The fourth-order valence-electron chi connectivity index (χ4n) is 5.88. The highest BCUT2D eigenvalue weighted by molar-refractivity contribution is 7.47. The van der Waals surface area contributed by atoms with Crippen molar-refractivity contribution in [2.75, 3.05) is 47.5 Å². The number of carbonyl (C=O) groups is 2. The lowest BCUT2D eigenvalue weighted by Crippen LogP contribution is -2.37. The van der Waals surface area contributed by atoms with Crippen LogP contribution in [0.4, 0.5) is 0 Å². The lowest BCUT2D eigenvalue weighted by atomic mass is 10.1. The first kappa shape index (κ1) is 54.4. The van der Waals surface area contributed by atoms with E-state index in [1.54, 1.807) is 0 Å². The normalized spacial score (nSPS) is 17.7. The molecule has 0 spiro atoms. The van der Waals surface area contributed by atoms with E-state index < -0.39 is 32.5 Å². The summed E-state index contributed by atoms with van der Waals surface area (Å²) in [7, 11) is 1.41. The molecule has 0 bridgehead atoms. The molecular formula is C48H83NO9P+. The van der Waals surface area contributed by atoms with E-state index in [1.165, 1.54) is 44.9 Å². The molecule has 0 aromatic heterocycles. The molecule has 1 N–H and O–H groups in total. The van der Waals surface area contributed by atoms with Gasteiger partial charge in [-0.25, -0.2) is 4.57 Å². The van der Waals surface area contributed by atoms with Crippen LogP contribution >= 0.6 is 7.82 Å². The summed E-state index contributed by atoms with van der Waals surface area (Å²) in [5.41, 5.74) is 0. The van der Waals surface area contributed by atoms with Crippen molar-refractivity contribution in [2.24, 2.45) is 0 Å². The number of hydrogen-bond acceptors (Lipinski definition) is 8. The number of quaternary nitrogens is 1. The summed E-state index contributed by atoms with van der Waals surface area (Å²) in [6, 6.07) is 0. The maximum Gasteiger partial charge on any atom is 0.472 e. The number of nitrogens with zero attached hydrogens (tertiary/aromatic N) is 1. The Balaban J connectivity index is 2.35. The smallest absolute Gasteiger partial charge is 0.462 e. The number of allylic oxidation sites excluding steroid dienone is 10. The molecule has 0 aromatic rings. The summed E-state index contributed by atoms with van der Waals surface area (Å²) >= 11 is 0. The van der Waals surface area contributed by atoms with Crippen molar-refractivity contribution in [3.8, 4) is 0 Å². The fraction of sp³-hybridized carbons (Fsp3) is 0.708. The number of hydrogen-bond donors (Lipinski definition) is 1. The Morgan fingerprint density at radius 2 is 1.08 bits per heavy atom. The largest absolute Gasteiger partial charge is 0.472 e. The molecule has 0 saturated carbocycles. The number of phosphoric acid groups is 1. The molecule has 1 heterocycles. The van der Waals surface area contributed by atoms with E-state index in [0.29, 0.717) is 23.9 Å². The van der Waals surface area contributed by atoms with Crippen molar-refractivity contribution in [3.05, 3.63) is 72.9 Å². The molecule has 1 saturated heterocycles. The van der Waals surface area contributed by atoms with Crippen LogP contribution in [-0.2, 0) is 37.4 Å². The van der Waals surface area contributed by atoms with E-state index in [1.807, 2.05) is 21.1 Å². The van der Waals surface area contributed by atoms with Crippen molar-refractivity contribution in [1.82, 2.24) is 0 Å². The van der Waals surface area contributed by atoms with Gasteiger partial charge in [0.15, 0.2) is 6.10 Å². The summed E-state index contributed by atoms with van der Waals surface area (Å²) in [4.78, 5) is 35.4. The molecule has 0 aliphatic carbocycles. The Hall–Kier alpha value is -2.59. The summed E-state index contributed by atoms with van der Waals surface area (Å²) in [5.74, 6) is -0.904. The number of likely N-dealkylation sites (N-methyl/N-ethyl adjacent to an activating group) is 1. The van der Waals surface area contributed by atoms with Gasteiger partial charge in [-0.3, -0.25) is 18.6 Å². The molecule has 1 rings (SSSR count). The van der Waals surface area contributed by atoms with Gasteiger partial charge in [-0.05, 0) is 89.9 Å². The molecule has 1 fully saturated rings. The van der Waals surface area contributed by atoms with Crippen LogP contribution in [0.25, 0.3) is 0 Å². The second-order valence-corrected chi connectivity index (χ2v) is 17.9. The average Bonchev–Trinajstić information content (AvgIpc) is 3.94. The molecular weight excluding hydrogens is 766 g/mol. The Labute approximate surface area is 359 Å². The van der Waals surface area contributed by atoms with Crippen LogP contribution in [-0.4, -0.2) is 87.1 Å². The van der Waals surface area contributed by atoms with Gasteiger partial charge in [0.2, 0.25) is 0 Å². The Bertz CT molecular complexity index is 1300. The summed E-state index contributed by atoms with van der Waals surface area (Å²) in [6.45, 7) is 4.24. The zero-order valence-electron chi connectivity index (χ0n) is 37.7. The number of carbonyl (C=O) groups excluding carboxylic acids is 2. The number of rotatable bonds is 39. The molecule has 11 heteroatoms. The molecule has 1 aliphatic heterocycles. The first-order valence-corrected chi connectivity index (χ1v) is 24.3. The van der Waals surface area contributed by atoms with Gasteiger partial charge in [0.1, 0.15) is 19.8 Å². The molecule has 4 atom stereocenters. The SMILES string of the molecule is CCCCC/C=C\C/C=C\C/C=C\CCCCCCC(=O)O[C@H](COC(=O)CCC/C=C\CC1OC1C/C=C\C/C=C\CCCCC)COP(=O)(O)OCC[N+](C)(C)C. The fourth-order valence-corrected chi connectivity index (χ4v) is 6.62. The van der Waals surface area contributed by atoms with Gasteiger partial charge in [-0.15, -0.1) is 0 Å². The number of esters is 2. The van der Waals surface area contributed by atoms with Crippen molar-refractivity contribution in [3.63, 3.8) is 0 Å². The number of unbranched alkanes of at least 4 members (excludes halogenated alkanes) is 11. The van der Waals surface area contributed by atoms with E-state index in [0.717, 1.165) is 70.6 Å². The standard InChI is InChI=1S/C48H82NO9P/c1-6-8-10-12-14-16-17-18-19-20-21-22-23-25-27-29-35-39-48(51)57-44(43-56-59(52,53)55-41-40-49(3,4)5)42-54-47(50)38-34-31-30-33-37-46-45(58-46)36-32-28-26-24-15-13-11-9-7-2/h14-16,18-19,21-22,24,28,30,32-33,44-46H,6-13,17,20,23,25-27,29,31,34-43H2,1-5H3/p+1/b16-14-,19-18-,22-21-,24-15-,32-28-,33-30-/t44-,45?,46?/m1/s1. The van der Waals surface area contributed by atoms with Gasteiger partial charge in [0.25, 0.3) is 0 Å². The Kier molecular flexibility index (Phi) is 33.3. The monoisotopic (exact) mass is 849 g/mol. The van der Waals surface area contributed by atoms with Crippen molar-refractivity contribution >= 4 is 19.8 Å². The molecule has 0 radical (unpaired) electrons. The molecule has 338 valence electrons. The molecule has 59 heavy (non-hydrogen) atoms. The van der Waals surface area contributed by atoms with Crippen LogP contribution in [0.2, 0.25) is 0 Å². The van der Waals surface area contributed by atoms with E-state index in [-0.39, 0.29) is 38.3 Å². The maximum absolute atomic E-state index is 12.7. The van der Waals surface area contributed by atoms with Crippen molar-refractivity contribution < 1.29 is 46.8 Å². The van der Waals surface area contributed by atoms with Gasteiger partial charge in [-0.2, -0.15) is 0 Å². The van der Waals surface area contributed by atoms with Gasteiger partial charge >= 0.3 is 19.8 Å². The second kappa shape index (κ2) is 36.1. The van der Waals surface area contributed by atoms with E-state index in [9.17, 15) is 19.0 Å². The highest BCUT2D eigenvalue weighted by Crippen LogP contribution is 2.43. The van der Waals surface area contributed by atoms with E-state index in [2.05, 4.69) is 86.8 Å². The van der Waals surface area contributed by atoms with Crippen molar-refractivity contribution in [1.29, 1.82) is 0 Å². The highest BCUT2D eigenvalue weighted by Gasteiger charge is 2.36. The second-order valence-electron chi connectivity index (χ2n) is 16.5. The highest BCUT2D eigenvalue weighted by atomic mass is 31.2. The first-order valence-electron chi connectivity index (χ1n) is 22.8. The minimum atomic E-state index is -4.40. The summed E-state index contributed by atoms with van der Waals surface area (Å²) in [5, 5.41) is 0. The third-order valence-electron chi connectivity index (χ3n) is 9.61. The van der Waals surface area contributed by atoms with Crippen LogP contribution in [0.5, 0.6) is 0 Å². The van der Waals surface area contributed by atoms with Crippen LogP contribution in [0, 0.1) is 0 Å². The first-order chi connectivity index (χ1) is 28.5. The summed E-state index contributed by atoms with van der Waals surface area (Å²) < 4.78 is 40.0. The topological polar surface area (TPSA) is 121 Å². The predicted octanol–water partition coefficient (Wildman–Crippen LogP) is 12.0. The molecule has 3 unspecified atom stereocenters. The summed E-state index contributed by atoms with van der Waals surface area (Å²) in [6.07, 6.45) is 46.9. The lowest BCUT2D eigenvalue weighted by molar-refractivity contribution is -0.870. The third kappa shape index (κ3) is 36.9. The van der Waals surface area contributed by atoms with Crippen LogP contribution in [0.1, 0.15) is 155 Å². The molecule has 0 aromatic carbocycles. The van der Waals surface area contributed by atoms with Gasteiger partial charge in [0.05, 0.1) is 40.0 Å². The van der Waals surface area contributed by atoms with Gasteiger partial charge in [-0.1, -0.05) is 125 Å². The van der Waals surface area contributed by atoms with E-state index in [4.69, 9.17) is 23.3 Å². The van der Waals surface area contributed by atoms with Gasteiger partial charge in [0, 0.05) is 12.8 Å². The maximum atomic E-state index is 12.7. The Morgan fingerprint density at radius 1 is 0.610 bits per heavy atom. The van der Waals surface area contributed by atoms with Crippen molar-refractivity contribution in [2.45, 2.75) is 173 Å². The quantitative estimate of drug-likeness (QED) is 0.0161. The molecule has 0 amide bonds. The number of phosphoric ester groups is 1.